The number of esters is 2. The molecule has 11 heteroatoms. The van der Waals surface area contributed by atoms with Crippen molar-refractivity contribution >= 4 is 32.9 Å². The van der Waals surface area contributed by atoms with E-state index < -0.39 is 22.0 Å². The number of furan rings is 1. The summed E-state index contributed by atoms with van der Waals surface area (Å²) in [5.41, 5.74) is 0.978. The van der Waals surface area contributed by atoms with Gasteiger partial charge in [-0.1, -0.05) is 24.6 Å². The van der Waals surface area contributed by atoms with Gasteiger partial charge in [0, 0.05) is 24.4 Å². The van der Waals surface area contributed by atoms with Crippen molar-refractivity contribution in [3.8, 4) is 11.5 Å². The molecule has 0 saturated carbocycles. The fourth-order valence-corrected chi connectivity index (χ4v) is 4.97. The second kappa shape index (κ2) is 12.1. The molecule has 0 unspecified atom stereocenters. The van der Waals surface area contributed by atoms with Gasteiger partial charge in [-0.3, -0.25) is 4.79 Å². The van der Waals surface area contributed by atoms with Crippen molar-refractivity contribution in [2.45, 2.75) is 44.1 Å². The number of para-hydroxylation sites is 1. The molecule has 10 nitrogen and oxygen atoms in total. The first-order valence-corrected chi connectivity index (χ1v) is 13.6. The van der Waals surface area contributed by atoms with Crippen LogP contribution in [-0.2, 0) is 30.9 Å². The molecule has 0 radical (unpaired) electrons. The Bertz CT molecular complexity index is 1360. The topological polar surface area (TPSA) is 130 Å². The predicted molar refractivity (Wildman–Crippen MR) is 133 cm³/mol. The summed E-state index contributed by atoms with van der Waals surface area (Å²) >= 11 is 0. The van der Waals surface area contributed by atoms with Crippen molar-refractivity contribution in [2.75, 3.05) is 26.4 Å². The number of benzene rings is 2. The van der Waals surface area contributed by atoms with Crippen LogP contribution in [-0.4, -0.2) is 46.7 Å². The van der Waals surface area contributed by atoms with Gasteiger partial charge in [-0.05, 0) is 38.0 Å². The number of carbonyl (C=O) groups is 2. The highest BCUT2D eigenvalue weighted by Gasteiger charge is 2.23. The van der Waals surface area contributed by atoms with E-state index in [0.29, 0.717) is 60.5 Å². The average molecular weight is 532 g/mol. The molecule has 1 aromatic heterocycles. The monoisotopic (exact) mass is 531 g/mol. The molecule has 0 atom stereocenters. The third kappa shape index (κ3) is 6.60. The van der Waals surface area contributed by atoms with E-state index in [4.69, 9.17) is 23.4 Å². The Hall–Kier alpha value is -3.57. The number of carbonyl (C=O) groups excluding carboxylic acids is 2. The SMILES string of the molecule is CCOC(=O)c1oc2ccccc2c1COC(=O)CCCCCNS(=O)(=O)c1ccc2c(c1)OCCO2. The van der Waals surface area contributed by atoms with E-state index >= 15 is 0 Å². The minimum absolute atomic E-state index is 0.0288. The van der Waals surface area contributed by atoms with Gasteiger partial charge in [0.2, 0.25) is 15.8 Å². The zero-order valence-corrected chi connectivity index (χ0v) is 21.3. The van der Waals surface area contributed by atoms with Gasteiger partial charge in [-0.15, -0.1) is 0 Å². The predicted octanol–water partition coefficient (Wildman–Crippen LogP) is 3.96. The molecule has 1 aliphatic heterocycles. The molecule has 1 N–H and O–H groups in total. The molecule has 198 valence electrons. The van der Waals surface area contributed by atoms with Crippen LogP contribution in [0.4, 0.5) is 0 Å². The lowest BCUT2D eigenvalue weighted by molar-refractivity contribution is -0.145. The van der Waals surface area contributed by atoms with Gasteiger partial charge in [0.15, 0.2) is 11.5 Å². The number of fused-ring (bicyclic) bond motifs is 2. The van der Waals surface area contributed by atoms with Gasteiger partial charge in [0.25, 0.3) is 0 Å². The Morgan fingerprint density at radius 3 is 2.57 bits per heavy atom. The zero-order chi connectivity index (χ0) is 26.3. The fraction of sp³-hybridized carbons (Fsp3) is 0.385. The van der Waals surface area contributed by atoms with Crippen molar-refractivity contribution in [3.05, 3.63) is 53.8 Å². The molecule has 0 aliphatic carbocycles. The number of unbranched alkanes of at least 4 members (excludes halogenated alkanes) is 2. The first kappa shape index (κ1) is 26.5. The molecule has 37 heavy (non-hydrogen) atoms. The molecule has 0 fully saturated rings. The third-order valence-electron chi connectivity index (χ3n) is 5.71. The zero-order valence-electron chi connectivity index (χ0n) is 20.5. The summed E-state index contributed by atoms with van der Waals surface area (Å²) in [6.07, 6.45) is 1.87. The van der Waals surface area contributed by atoms with E-state index in [9.17, 15) is 18.0 Å². The number of ether oxygens (including phenoxy) is 4. The van der Waals surface area contributed by atoms with Gasteiger partial charge in [-0.25, -0.2) is 17.9 Å². The summed E-state index contributed by atoms with van der Waals surface area (Å²) in [7, 11) is -3.69. The van der Waals surface area contributed by atoms with Crippen LogP contribution in [0.2, 0.25) is 0 Å². The lowest BCUT2D eigenvalue weighted by Crippen LogP contribution is -2.25. The Kier molecular flexibility index (Phi) is 8.67. The second-order valence-corrected chi connectivity index (χ2v) is 10.1. The number of rotatable bonds is 12. The van der Waals surface area contributed by atoms with Crippen molar-refractivity contribution < 1.29 is 41.4 Å². The van der Waals surface area contributed by atoms with E-state index in [1.54, 1.807) is 37.3 Å². The molecule has 4 rings (SSSR count). The number of hydrogen-bond donors (Lipinski definition) is 1. The molecule has 0 bridgehead atoms. The summed E-state index contributed by atoms with van der Waals surface area (Å²) in [6, 6.07) is 11.6. The van der Waals surface area contributed by atoms with Crippen LogP contribution in [0, 0.1) is 0 Å². The lowest BCUT2D eigenvalue weighted by atomic mass is 10.1. The van der Waals surface area contributed by atoms with Crippen LogP contribution in [0.3, 0.4) is 0 Å². The summed E-state index contributed by atoms with van der Waals surface area (Å²) in [5.74, 6) is -0.0675. The molecule has 0 amide bonds. The number of sulfonamides is 1. The molecule has 3 aromatic rings. The maximum Gasteiger partial charge on any atom is 0.374 e. The molecule has 2 heterocycles. The molecule has 0 saturated heterocycles. The number of hydrogen-bond acceptors (Lipinski definition) is 9. The largest absolute Gasteiger partial charge is 0.486 e. The van der Waals surface area contributed by atoms with E-state index in [1.807, 2.05) is 0 Å². The van der Waals surface area contributed by atoms with Crippen LogP contribution in [0.15, 0.2) is 51.8 Å². The van der Waals surface area contributed by atoms with Gasteiger partial charge < -0.3 is 23.4 Å². The Labute approximate surface area is 214 Å². The van der Waals surface area contributed by atoms with Crippen molar-refractivity contribution in [1.29, 1.82) is 0 Å². The molecular formula is C26H29NO9S. The standard InChI is InChI=1S/C26H29NO9S/c1-2-32-26(29)25-20(19-8-5-6-9-21(19)36-25)17-35-24(28)10-4-3-7-13-27-37(30,31)18-11-12-22-23(16-18)34-15-14-33-22/h5-6,8-9,11-12,16,27H,2-4,7,10,13-15,17H2,1H3. The summed E-state index contributed by atoms with van der Waals surface area (Å²) < 4.78 is 54.6. The average Bonchev–Trinajstić information content (AvgIpc) is 3.28. The quantitative estimate of drug-likeness (QED) is 0.272. The van der Waals surface area contributed by atoms with Crippen LogP contribution in [0.25, 0.3) is 11.0 Å². The minimum Gasteiger partial charge on any atom is -0.486 e. The smallest absolute Gasteiger partial charge is 0.374 e. The molecule has 2 aromatic carbocycles. The highest BCUT2D eigenvalue weighted by molar-refractivity contribution is 7.89. The fourth-order valence-electron chi connectivity index (χ4n) is 3.88. The number of nitrogens with one attached hydrogen (secondary N) is 1. The Balaban J connectivity index is 1.20. The van der Waals surface area contributed by atoms with Gasteiger partial charge in [0.1, 0.15) is 25.4 Å². The Morgan fingerprint density at radius 1 is 0.973 bits per heavy atom. The maximum absolute atomic E-state index is 12.5. The van der Waals surface area contributed by atoms with E-state index in [0.717, 1.165) is 0 Å². The molecular weight excluding hydrogens is 502 g/mol. The van der Waals surface area contributed by atoms with Crippen molar-refractivity contribution in [3.63, 3.8) is 0 Å². The highest BCUT2D eigenvalue weighted by atomic mass is 32.2. The lowest BCUT2D eigenvalue weighted by Gasteiger charge is -2.18. The highest BCUT2D eigenvalue weighted by Crippen LogP contribution is 2.32. The van der Waals surface area contributed by atoms with E-state index in [1.165, 1.54) is 12.1 Å². The van der Waals surface area contributed by atoms with Crippen LogP contribution >= 0.6 is 0 Å². The van der Waals surface area contributed by atoms with Gasteiger partial charge in [0.05, 0.1) is 17.1 Å². The Morgan fingerprint density at radius 2 is 1.76 bits per heavy atom. The van der Waals surface area contributed by atoms with E-state index in [-0.39, 0.29) is 36.8 Å². The minimum atomic E-state index is -3.69. The van der Waals surface area contributed by atoms with E-state index in [2.05, 4.69) is 4.72 Å². The summed E-state index contributed by atoms with van der Waals surface area (Å²) in [5, 5.41) is 0.684. The van der Waals surface area contributed by atoms with Crippen LogP contribution in [0.5, 0.6) is 11.5 Å². The molecule has 0 spiro atoms. The normalized spacial score (nSPS) is 12.9. The first-order valence-electron chi connectivity index (χ1n) is 12.1. The van der Waals surface area contributed by atoms with Gasteiger partial charge in [-0.2, -0.15) is 0 Å². The molecule has 1 aliphatic rings. The second-order valence-electron chi connectivity index (χ2n) is 8.30. The van der Waals surface area contributed by atoms with Crippen LogP contribution in [0.1, 0.15) is 48.7 Å². The third-order valence-corrected chi connectivity index (χ3v) is 7.17. The first-order chi connectivity index (χ1) is 17.9. The van der Waals surface area contributed by atoms with Gasteiger partial charge >= 0.3 is 11.9 Å². The summed E-state index contributed by atoms with van der Waals surface area (Å²) in [6.45, 7) is 2.82. The maximum atomic E-state index is 12.5. The van der Waals surface area contributed by atoms with Crippen molar-refractivity contribution in [1.82, 2.24) is 4.72 Å². The van der Waals surface area contributed by atoms with Crippen molar-refractivity contribution in [2.24, 2.45) is 0 Å². The van der Waals surface area contributed by atoms with Crippen LogP contribution < -0.4 is 14.2 Å². The summed E-state index contributed by atoms with van der Waals surface area (Å²) in [4.78, 5) is 24.6.